The molecular weight excluding hydrogens is 265 g/mol. The first kappa shape index (κ1) is 13.6. The van der Waals surface area contributed by atoms with E-state index in [0.29, 0.717) is 16.7 Å². The zero-order valence-corrected chi connectivity index (χ0v) is 12.3. The molecule has 2 aromatic carbocycles. The lowest BCUT2D eigenvalue weighted by Crippen LogP contribution is -2.01. The molecule has 0 unspecified atom stereocenters. The van der Waals surface area contributed by atoms with Crippen molar-refractivity contribution in [3.63, 3.8) is 0 Å². The van der Waals surface area contributed by atoms with Gasteiger partial charge in [-0.05, 0) is 37.1 Å². The van der Waals surface area contributed by atoms with Crippen molar-refractivity contribution >= 4 is 16.7 Å². The van der Waals surface area contributed by atoms with Gasteiger partial charge in [0.1, 0.15) is 5.82 Å². The van der Waals surface area contributed by atoms with Crippen LogP contribution in [-0.2, 0) is 7.05 Å². The largest absolute Gasteiger partial charge is 0.350 e. The molecule has 1 heterocycles. The van der Waals surface area contributed by atoms with Crippen LogP contribution in [0.15, 0.2) is 42.6 Å². The number of rotatable bonds is 2. The first-order valence-electron chi connectivity index (χ1n) is 6.84. The number of aromatic nitrogens is 1. The number of nitrogens with zero attached hydrogens (tertiary/aromatic N) is 1. The van der Waals surface area contributed by atoms with Gasteiger partial charge < -0.3 is 4.57 Å². The van der Waals surface area contributed by atoms with Crippen molar-refractivity contribution in [1.82, 2.24) is 4.57 Å². The van der Waals surface area contributed by atoms with E-state index >= 15 is 0 Å². The molecule has 0 amide bonds. The summed E-state index contributed by atoms with van der Waals surface area (Å²) in [6.45, 7) is 3.70. The van der Waals surface area contributed by atoms with Crippen molar-refractivity contribution < 1.29 is 9.18 Å². The molecule has 3 rings (SSSR count). The Balaban J connectivity index is 2.15. The molecule has 3 aromatic rings. The Morgan fingerprint density at radius 1 is 1.10 bits per heavy atom. The molecule has 0 spiro atoms. The Kier molecular flexibility index (Phi) is 3.13. The van der Waals surface area contributed by atoms with Crippen LogP contribution in [0.4, 0.5) is 4.39 Å². The summed E-state index contributed by atoms with van der Waals surface area (Å²) in [7, 11) is 1.91. The quantitative estimate of drug-likeness (QED) is 0.646. The smallest absolute Gasteiger partial charge is 0.195 e. The van der Waals surface area contributed by atoms with E-state index in [9.17, 15) is 9.18 Å². The Morgan fingerprint density at radius 3 is 2.57 bits per heavy atom. The molecule has 2 nitrogen and oxygen atoms in total. The molecule has 0 atom stereocenters. The highest BCUT2D eigenvalue weighted by atomic mass is 19.1. The van der Waals surface area contributed by atoms with Crippen LogP contribution in [0, 0.1) is 19.7 Å². The minimum Gasteiger partial charge on any atom is -0.350 e. The highest BCUT2D eigenvalue weighted by Gasteiger charge is 2.16. The minimum absolute atomic E-state index is 0.150. The molecule has 0 aliphatic carbocycles. The monoisotopic (exact) mass is 281 g/mol. The van der Waals surface area contributed by atoms with Crippen molar-refractivity contribution in [2.45, 2.75) is 13.8 Å². The SMILES string of the molecule is Cc1ccc2c(C(=O)c3ccc(C)c(F)c3)cn(C)c2c1. The number of benzene rings is 2. The van der Waals surface area contributed by atoms with E-state index in [1.54, 1.807) is 19.1 Å². The van der Waals surface area contributed by atoms with Gasteiger partial charge in [-0.2, -0.15) is 0 Å². The summed E-state index contributed by atoms with van der Waals surface area (Å²) in [5.74, 6) is -0.500. The molecule has 0 radical (unpaired) electrons. The van der Waals surface area contributed by atoms with Crippen LogP contribution in [0.1, 0.15) is 27.0 Å². The van der Waals surface area contributed by atoms with Crippen molar-refractivity contribution in [1.29, 1.82) is 0 Å². The highest BCUT2D eigenvalue weighted by molar-refractivity contribution is 6.16. The topological polar surface area (TPSA) is 22.0 Å². The lowest BCUT2D eigenvalue weighted by atomic mass is 10.0. The standard InChI is InChI=1S/C18H16FNO/c1-11-4-7-14-15(10-20(3)17(14)8-11)18(21)13-6-5-12(2)16(19)9-13/h4-10H,1-3H3. The number of hydrogen-bond donors (Lipinski definition) is 0. The van der Waals surface area contributed by atoms with Gasteiger partial charge >= 0.3 is 0 Å². The molecule has 0 N–H and O–H groups in total. The second kappa shape index (κ2) is 4.85. The van der Waals surface area contributed by atoms with Crippen molar-refractivity contribution in [2.75, 3.05) is 0 Å². The van der Waals surface area contributed by atoms with Crippen LogP contribution in [0.5, 0.6) is 0 Å². The first-order valence-corrected chi connectivity index (χ1v) is 6.84. The Morgan fingerprint density at radius 2 is 1.86 bits per heavy atom. The van der Waals surface area contributed by atoms with E-state index in [1.165, 1.54) is 6.07 Å². The van der Waals surface area contributed by atoms with Gasteiger partial charge in [0.15, 0.2) is 5.78 Å². The van der Waals surface area contributed by atoms with Gasteiger partial charge in [0.25, 0.3) is 0 Å². The Bertz CT molecular complexity index is 861. The van der Waals surface area contributed by atoms with E-state index in [1.807, 2.05) is 42.9 Å². The van der Waals surface area contributed by atoms with Crippen LogP contribution in [-0.4, -0.2) is 10.4 Å². The zero-order valence-electron chi connectivity index (χ0n) is 12.3. The molecule has 0 saturated carbocycles. The van der Waals surface area contributed by atoms with Gasteiger partial charge in [-0.15, -0.1) is 0 Å². The normalized spacial score (nSPS) is 11.0. The average molecular weight is 281 g/mol. The number of hydrogen-bond acceptors (Lipinski definition) is 1. The van der Waals surface area contributed by atoms with E-state index in [2.05, 4.69) is 0 Å². The molecule has 1 aromatic heterocycles. The van der Waals surface area contributed by atoms with Gasteiger partial charge in [-0.3, -0.25) is 4.79 Å². The van der Waals surface area contributed by atoms with Crippen molar-refractivity contribution in [3.05, 3.63) is 70.7 Å². The van der Waals surface area contributed by atoms with Crippen molar-refractivity contribution in [3.8, 4) is 0 Å². The van der Waals surface area contributed by atoms with Crippen molar-refractivity contribution in [2.24, 2.45) is 7.05 Å². The third-order valence-electron chi connectivity index (χ3n) is 3.82. The van der Waals surface area contributed by atoms with Gasteiger partial charge in [0, 0.05) is 35.3 Å². The lowest BCUT2D eigenvalue weighted by Gasteiger charge is -2.02. The minimum atomic E-state index is -0.350. The maximum absolute atomic E-state index is 13.7. The highest BCUT2D eigenvalue weighted by Crippen LogP contribution is 2.24. The summed E-state index contributed by atoms with van der Waals surface area (Å²) in [5, 5.41) is 0.897. The average Bonchev–Trinajstić information content (AvgIpc) is 2.78. The lowest BCUT2D eigenvalue weighted by molar-refractivity contribution is 0.103. The predicted molar refractivity (Wildman–Crippen MR) is 82.2 cm³/mol. The fourth-order valence-electron chi connectivity index (χ4n) is 2.56. The summed E-state index contributed by atoms with van der Waals surface area (Å²) < 4.78 is 15.6. The first-order chi connectivity index (χ1) is 9.97. The number of ketones is 1. The van der Waals surface area contributed by atoms with Gasteiger partial charge in [-0.25, -0.2) is 4.39 Å². The van der Waals surface area contributed by atoms with Gasteiger partial charge in [0.2, 0.25) is 0 Å². The maximum Gasteiger partial charge on any atom is 0.195 e. The molecule has 0 bridgehead atoms. The Labute approximate surface area is 122 Å². The molecule has 0 aliphatic rings. The third kappa shape index (κ3) is 2.25. The fourth-order valence-corrected chi connectivity index (χ4v) is 2.56. The number of carbonyl (C=O) groups excluding carboxylic acids is 1. The molecule has 106 valence electrons. The second-order valence-corrected chi connectivity index (χ2v) is 5.47. The van der Waals surface area contributed by atoms with E-state index in [-0.39, 0.29) is 11.6 Å². The van der Waals surface area contributed by atoms with Crippen LogP contribution in [0.2, 0.25) is 0 Å². The number of carbonyl (C=O) groups is 1. The van der Waals surface area contributed by atoms with Crippen LogP contribution in [0.25, 0.3) is 10.9 Å². The second-order valence-electron chi connectivity index (χ2n) is 5.47. The van der Waals surface area contributed by atoms with E-state index < -0.39 is 0 Å². The van der Waals surface area contributed by atoms with Gasteiger partial charge in [-0.1, -0.05) is 24.3 Å². The summed E-state index contributed by atoms with van der Waals surface area (Å²) in [5.41, 5.74) is 3.68. The number of halogens is 1. The van der Waals surface area contributed by atoms with Crippen LogP contribution < -0.4 is 0 Å². The number of aryl methyl sites for hydroxylation is 3. The van der Waals surface area contributed by atoms with Gasteiger partial charge in [0.05, 0.1) is 0 Å². The number of fused-ring (bicyclic) bond motifs is 1. The summed E-state index contributed by atoms with van der Waals surface area (Å²) in [4.78, 5) is 12.6. The molecule has 3 heteroatoms. The van der Waals surface area contributed by atoms with E-state index in [4.69, 9.17) is 0 Å². The summed E-state index contributed by atoms with van der Waals surface area (Å²) in [6, 6.07) is 10.6. The zero-order chi connectivity index (χ0) is 15.1. The van der Waals surface area contributed by atoms with Crippen LogP contribution in [0.3, 0.4) is 0 Å². The van der Waals surface area contributed by atoms with E-state index in [0.717, 1.165) is 16.5 Å². The third-order valence-corrected chi connectivity index (χ3v) is 3.82. The summed E-state index contributed by atoms with van der Waals surface area (Å²) in [6.07, 6.45) is 1.81. The molecule has 21 heavy (non-hydrogen) atoms. The predicted octanol–water partition coefficient (Wildman–Crippen LogP) is 4.17. The Hall–Kier alpha value is -2.42. The molecular formula is C18H16FNO. The van der Waals surface area contributed by atoms with Crippen LogP contribution >= 0.6 is 0 Å². The summed E-state index contributed by atoms with van der Waals surface area (Å²) >= 11 is 0. The maximum atomic E-state index is 13.7. The fraction of sp³-hybridized carbons (Fsp3) is 0.167. The molecule has 0 saturated heterocycles. The molecule has 0 fully saturated rings. The molecule has 0 aliphatic heterocycles.